The fourth-order valence-corrected chi connectivity index (χ4v) is 7.57. The van der Waals surface area contributed by atoms with Crippen LogP contribution in [-0.2, 0) is 0 Å². The first kappa shape index (κ1) is 34.6. The maximum Gasteiger partial charge on any atom is 0.135 e. The van der Waals surface area contributed by atoms with Gasteiger partial charge in [0.25, 0.3) is 0 Å². The van der Waals surface area contributed by atoms with E-state index in [1.807, 2.05) is 97.9 Å². The van der Waals surface area contributed by atoms with E-state index in [1.54, 1.807) is 0 Å². The molecule has 4 heteroatoms. The van der Waals surface area contributed by atoms with E-state index in [0.717, 1.165) is 77.4 Å². The summed E-state index contributed by atoms with van der Waals surface area (Å²) < 4.78 is 12.8. The molecule has 0 radical (unpaired) electrons. The predicted octanol–water partition coefficient (Wildman–Crippen LogP) is 12.8. The molecule has 0 amide bonds. The second kappa shape index (κ2) is 14.8. The first-order valence-electron chi connectivity index (χ1n) is 18.5. The molecule has 0 heterocycles. The van der Waals surface area contributed by atoms with Crippen molar-refractivity contribution in [3.8, 4) is 67.5 Å². The van der Waals surface area contributed by atoms with E-state index in [0.29, 0.717) is 36.5 Å². The van der Waals surface area contributed by atoms with Gasteiger partial charge in [-0.15, -0.1) is 0 Å². The highest BCUT2D eigenvalue weighted by molar-refractivity contribution is 6.02. The van der Waals surface area contributed by atoms with E-state index in [1.165, 1.54) is 0 Å². The summed E-state index contributed by atoms with van der Waals surface area (Å²) in [5.74, 6) is 1.76. The van der Waals surface area contributed by atoms with Crippen LogP contribution < -0.4 is 9.47 Å². The lowest BCUT2D eigenvalue weighted by Crippen LogP contribution is -2.07. The lowest BCUT2D eigenvalue weighted by molar-refractivity contribution is 0.248. The molecule has 2 N–H and O–H groups in total. The Balaban J connectivity index is 1.29. The lowest BCUT2D eigenvalue weighted by Gasteiger charge is -2.22. The van der Waals surface area contributed by atoms with Crippen LogP contribution in [0.2, 0.25) is 0 Å². The molecule has 0 atom stereocenters. The number of para-hydroxylation sites is 1. The number of phenols is 2. The molecule has 0 aliphatic heterocycles. The summed E-state index contributed by atoms with van der Waals surface area (Å²) in [4.78, 5) is 0. The fourth-order valence-electron chi connectivity index (χ4n) is 7.57. The molecule has 0 saturated heterocycles. The number of benzene rings is 8. The van der Waals surface area contributed by atoms with Crippen LogP contribution in [0.4, 0.5) is 0 Å². The highest BCUT2D eigenvalue weighted by Gasteiger charge is 2.24. The van der Waals surface area contributed by atoms with Gasteiger partial charge in [0.2, 0.25) is 0 Å². The Morgan fingerprint density at radius 3 is 1.28 bits per heavy atom. The smallest absolute Gasteiger partial charge is 0.135 e. The fraction of sp³-hybridized carbons (Fsp3) is 0.120. The quantitative estimate of drug-likeness (QED) is 0.139. The number of fused-ring (bicyclic) bond motifs is 2. The Morgan fingerprint density at radius 2 is 0.778 bits per heavy atom. The largest absolute Gasteiger partial charge is 0.507 e. The van der Waals surface area contributed by atoms with Crippen LogP contribution in [0.25, 0.3) is 66.1 Å². The molecule has 8 aromatic carbocycles. The summed E-state index contributed by atoms with van der Waals surface area (Å²) >= 11 is 0. The number of phenolic OH excluding ortho intramolecular Hbond substituents is 2. The number of rotatable bonds is 10. The van der Waals surface area contributed by atoms with Crippen LogP contribution in [0, 0.1) is 20.8 Å². The van der Waals surface area contributed by atoms with Crippen molar-refractivity contribution in [3.63, 3.8) is 0 Å². The zero-order chi connectivity index (χ0) is 37.2. The molecule has 0 aliphatic rings. The number of aryl methyl sites for hydroxylation is 3. The molecule has 0 bridgehead atoms. The van der Waals surface area contributed by atoms with Gasteiger partial charge in [0, 0.05) is 39.8 Å². The first-order valence-corrected chi connectivity index (χ1v) is 18.5. The monoisotopic (exact) mass is 706 g/mol. The number of hydrogen-bond donors (Lipinski definition) is 2. The molecule has 8 aromatic rings. The van der Waals surface area contributed by atoms with Gasteiger partial charge >= 0.3 is 0 Å². The van der Waals surface area contributed by atoms with Crippen molar-refractivity contribution in [1.82, 2.24) is 0 Å². The Morgan fingerprint density at radius 1 is 0.389 bits per heavy atom. The lowest BCUT2D eigenvalue weighted by atomic mass is 9.88. The molecule has 266 valence electrons. The summed E-state index contributed by atoms with van der Waals surface area (Å²) in [5.41, 5.74) is 9.25. The second-order valence-electron chi connectivity index (χ2n) is 14.0. The summed E-state index contributed by atoms with van der Waals surface area (Å²) in [6, 6.07) is 50.9. The Hall–Kier alpha value is -6.52. The maximum atomic E-state index is 12.3. The number of ether oxygens (including phenoxy) is 2. The van der Waals surface area contributed by atoms with Crippen molar-refractivity contribution >= 4 is 21.5 Å². The molecular formula is C50H42O4. The topological polar surface area (TPSA) is 58.9 Å². The van der Waals surface area contributed by atoms with Crippen LogP contribution in [-0.4, -0.2) is 23.4 Å². The maximum absolute atomic E-state index is 12.3. The first-order chi connectivity index (χ1) is 26.4. The van der Waals surface area contributed by atoms with Gasteiger partial charge in [-0.1, -0.05) is 103 Å². The van der Waals surface area contributed by atoms with Gasteiger partial charge in [0.1, 0.15) is 23.0 Å². The summed E-state index contributed by atoms with van der Waals surface area (Å²) in [6.45, 7) is 6.99. The van der Waals surface area contributed by atoms with Crippen molar-refractivity contribution in [3.05, 3.63) is 168 Å². The third-order valence-corrected chi connectivity index (χ3v) is 10.0. The van der Waals surface area contributed by atoms with E-state index in [2.05, 4.69) is 74.5 Å². The van der Waals surface area contributed by atoms with Crippen molar-refractivity contribution in [2.45, 2.75) is 27.2 Å². The minimum absolute atomic E-state index is 0.177. The SMILES string of the molecule is Cc1cc(-c2cc(C)cc(-c3cc(C)cc(-c4cccc5ccccc45)c3O)c2OCCCOc2ccccc2)c(O)c(-c2cccc3ccccc23)c1. The van der Waals surface area contributed by atoms with E-state index >= 15 is 0 Å². The van der Waals surface area contributed by atoms with Crippen molar-refractivity contribution in [1.29, 1.82) is 0 Å². The third-order valence-electron chi connectivity index (χ3n) is 10.0. The van der Waals surface area contributed by atoms with Gasteiger partial charge in [-0.2, -0.15) is 0 Å². The van der Waals surface area contributed by atoms with E-state index in [-0.39, 0.29) is 11.5 Å². The molecule has 0 unspecified atom stereocenters. The van der Waals surface area contributed by atoms with Crippen LogP contribution in [0.1, 0.15) is 23.1 Å². The van der Waals surface area contributed by atoms with Gasteiger partial charge in [-0.05, 0) is 119 Å². The zero-order valence-corrected chi connectivity index (χ0v) is 30.8. The van der Waals surface area contributed by atoms with Crippen molar-refractivity contribution < 1.29 is 19.7 Å². The van der Waals surface area contributed by atoms with E-state index < -0.39 is 0 Å². The molecule has 0 spiro atoms. The van der Waals surface area contributed by atoms with Gasteiger partial charge in [-0.3, -0.25) is 0 Å². The van der Waals surface area contributed by atoms with Gasteiger partial charge in [0.05, 0.1) is 13.2 Å². The molecule has 0 aliphatic carbocycles. The average Bonchev–Trinajstić information content (AvgIpc) is 3.19. The molecule has 0 fully saturated rings. The Labute approximate surface area is 316 Å². The summed E-state index contributed by atoms with van der Waals surface area (Å²) in [7, 11) is 0. The molecule has 8 rings (SSSR count). The normalized spacial score (nSPS) is 11.2. The zero-order valence-electron chi connectivity index (χ0n) is 30.8. The highest BCUT2D eigenvalue weighted by atomic mass is 16.5. The standard InChI is InChI=1S/C50H42O4/c1-32-26-42(40-22-11-16-35-14-7-9-20-38(35)40)48(51)44(28-32)46-30-34(3)31-47(50(46)54-25-13-24-53-37-18-5-4-6-19-37)45-29-33(2)27-43(49(45)52)41-23-12-17-36-15-8-10-21-39(36)41/h4-12,14-23,26-31,51-52H,13,24-25H2,1-3H3. The Kier molecular flexibility index (Phi) is 9.50. The molecule has 0 saturated carbocycles. The minimum Gasteiger partial charge on any atom is -0.507 e. The molecular weight excluding hydrogens is 665 g/mol. The number of hydrogen-bond acceptors (Lipinski definition) is 4. The molecule has 54 heavy (non-hydrogen) atoms. The number of aromatic hydroxyl groups is 2. The van der Waals surface area contributed by atoms with Gasteiger partial charge in [-0.25, -0.2) is 0 Å². The summed E-state index contributed by atoms with van der Waals surface area (Å²) in [5, 5.41) is 28.9. The molecule has 4 nitrogen and oxygen atoms in total. The van der Waals surface area contributed by atoms with Crippen LogP contribution in [0.15, 0.2) is 152 Å². The van der Waals surface area contributed by atoms with Crippen molar-refractivity contribution in [2.24, 2.45) is 0 Å². The summed E-state index contributed by atoms with van der Waals surface area (Å²) in [6.07, 6.45) is 0.629. The van der Waals surface area contributed by atoms with Crippen molar-refractivity contribution in [2.75, 3.05) is 13.2 Å². The van der Waals surface area contributed by atoms with Crippen LogP contribution >= 0.6 is 0 Å². The van der Waals surface area contributed by atoms with Crippen LogP contribution in [0.3, 0.4) is 0 Å². The van der Waals surface area contributed by atoms with E-state index in [4.69, 9.17) is 9.47 Å². The average molecular weight is 707 g/mol. The van der Waals surface area contributed by atoms with Gasteiger partial charge in [0.15, 0.2) is 0 Å². The Bertz CT molecular complexity index is 2470. The van der Waals surface area contributed by atoms with Crippen LogP contribution in [0.5, 0.6) is 23.0 Å². The predicted molar refractivity (Wildman–Crippen MR) is 223 cm³/mol. The molecule has 0 aromatic heterocycles. The minimum atomic E-state index is 0.177. The second-order valence-corrected chi connectivity index (χ2v) is 14.0. The highest BCUT2D eigenvalue weighted by Crippen LogP contribution is 2.50. The van der Waals surface area contributed by atoms with Gasteiger partial charge < -0.3 is 19.7 Å². The van der Waals surface area contributed by atoms with E-state index in [9.17, 15) is 10.2 Å². The third kappa shape index (κ3) is 6.75.